The first kappa shape index (κ1) is 16.5. The minimum Gasteiger partial charge on any atom is -0.491 e. The Morgan fingerprint density at radius 1 is 1.50 bits per heavy atom. The summed E-state index contributed by atoms with van der Waals surface area (Å²) in [5.74, 6) is 0.682. The zero-order valence-electron chi connectivity index (χ0n) is 14.1. The normalized spacial score (nSPS) is 17.0. The molecule has 0 radical (unpaired) electrons. The predicted molar refractivity (Wildman–Crippen MR) is 90.0 cm³/mol. The maximum absolute atomic E-state index is 12.2. The molecule has 1 aromatic heterocycles. The topological polar surface area (TPSA) is 65.4 Å². The van der Waals surface area contributed by atoms with Gasteiger partial charge in [0.2, 0.25) is 0 Å². The van der Waals surface area contributed by atoms with Crippen molar-refractivity contribution in [2.24, 2.45) is 7.05 Å². The van der Waals surface area contributed by atoms with E-state index in [0.717, 1.165) is 36.5 Å². The summed E-state index contributed by atoms with van der Waals surface area (Å²) in [4.78, 5) is 12.2. The molecule has 128 valence electrons. The third-order valence-corrected chi connectivity index (χ3v) is 4.29. The number of aryl methyl sites for hydroxylation is 1. The van der Waals surface area contributed by atoms with Crippen LogP contribution >= 0.6 is 0 Å². The monoisotopic (exact) mass is 329 g/mol. The third-order valence-electron chi connectivity index (χ3n) is 4.29. The summed E-state index contributed by atoms with van der Waals surface area (Å²) in [6.07, 6.45) is 3.95. The summed E-state index contributed by atoms with van der Waals surface area (Å²) in [6, 6.07) is 7.77. The standard InChI is InChI=1S/C18H23N3O3/c1-13-17(11-20-21(13)2)18(22)19-10-14-5-3-6-15(9-14)24-12-16-7-4-8-23-16/h3,5-6,9,11,16H,4,7-8,10,12H2,1-2H3,(H,19,22)/t16-/m0/s1. The van der Waals surface area contributed by atoms with Crippen LogP contribution in [0.15, 0.2) is 30.5 Å². The van der Waals surface area contributed by atoms with E-state index in [1.165, 1.54) is 0 Å². The molecule has 0 spiro atoms. The molecule has 2 heterocycles. The summed E-state index contributed by atoms with van der Waals surface area (Å²) in [5.41, 5.74) is 2.44. The first-order valence-corrected chi connectivity index (χ1v) is 8.23. The van der Waals surface area contributed by atoms with Crippen LogP contribution in [0.2, 0.25) is 0 Å². The number of benzene rings is 1. The molecule has 2 aromatic rings. The van der Waals surface area contributed by atoms with Gasteiger partial charge < -0.3 is 14.8 Å². The molecule has 0 saturated carbocycles. The van der Waals surface area contributed by atoms with Crippen LogP contribution < -0.4 is 10.1 Å². The van der Waals surface area contributed by atoms with Crippen LogP contribution in [0, 0.1) is 6.92 Å². The minimum atomic E-state index is -0.119. The van der Waals surface area contributed by atoms with Crippen LogP contribution in [0.5, 0.6) is 5.75 Å². The van der Waals surface area contributed by atoms with Crippen LogP contribution in [0.25, 0.3) is 0 Å². The van der Waals surface area contributed by atoms with E-state index in [2.05, 4.69) is 10.4 Å². The Balaban J connectivity index is 1.54. The van der Waals surface area contributed by atoms with Crippen LogP contribution in [0.4, 0.5) is 0 Å². The average Bonchev–Trinajstić information content (AvgIpc) is 3.22. The molecule has 0 aliphatic carbocycles. The van der Waals surface area contributed by atoms with E-state index in [1.807, 2.05) is 38.2 Å². The van der Waals surface area contributed by atoms with Gasteiger partial charge in [0.25, 0.3) is 5.91 Å². The first-order valence-electron chi connectivity index (χ1n) is 8.23. The molecule has 6 nitrogen and oxygen atoms in total. The lowest BCUT2D eigenvalue weighted by Crippen LogP contribution is -2.23. The maximum Gasteiger partial charge on any atom is 0.255 e. The van der Waals surface area contributed by atoms with Gasteiger partial charge >= 0.3 is 0 Å². The molecular formula is C18H23N3O3. The Bertz CT molecular complexity index is 705. The van der Waals surface area contributed by atoms with Crippen molar-refractivity contribution in [3.8, 4) is 5.75 Å². The molecule has 1 atom stereocenters. The third kappa shape index (κ3) is 3.94. The van der Waals surface area contributed by atoms with Crippen LogP contribution in [0.3, 0.4) is 0 Å². The van der Waals surface area contributed by atoms with Crippen molar-refractivity contribution in [2.75, 3.05) is 13.2 Å². The Morgan fingerprint density at radius 3 is 3.08 bits per heavy atom. The lowest BCUT2D eigenvalue weighted by Gasteiger charge is -2.12. The minimum absolute atomic E-state index is 0.119. The van der Waals surface area contributed by atoms with Crippen molar-refractivity contribution in [3.63, 3.8) is 0 Å². The summed E-state index contributed by atoms with van der Waals surface area (Å²) in [5, 5.41) is 7.01. The molecule has 3 rings (SSSR count). The highest BCUT2D eigenvalue weighted by Gasteiger charge is 2.16. The molecule has 1 amide bonds. The molecule has 24 heavy (non-hydrogen) atoms. The summed E-state index contributed by atoms with van der Waals surface area (Å²) in [6.45, 7) is 3.73. The number of nitrogens with one attached hydrogen (secondary N) is 1. The lowest BCUT2D eigenvalue weighted by atomic mass is 10.2. The molecule has 1 aromatic carbocycles. The highest BCUT2D eigenvalue weighted by Crippen LogP contribution is 2.17. The second kappa shape index (κ2) is 7.49. The zero-order valence-corrected chi connectivity index (χ0v) is 14.1. The van der Waals surface area contributed by atoms with E-state index in [9.17, 15) is 4.79 Å². The first-order chi connectivity index (χ1) is 11.6. The largest absolute Gasteiger partial charge is 0.491 e. The van der Waals surface area contributed by atoms with E-state index >= 15 is 0 Å². The summed E-state index contributed by atoms with van der Waals surface area (Å²) < 4.78 is 13.0. The fraction of sp³-hybridized carbons (Fsp3) is 0.444. The lowest BCUT2D eigenvalue weighted by molar-refractivity contribution is 0.0679. The number of ether oxygens (including phenoxy) is 2. The van der Waals surface area contributed by atoms with Crippen molar-refractivity contribution in [3.05, 3.63) is 47.3 Å². The van der Waals surface area contributed by atoms with Crippen molar-refractivity contribution < 1.29 is 14.3 Å². The Hall–Kier alpha value is -2.34. The fourth-order valence-corrected chi connectivity index (χ4v) is 2.71. The number of amides is 1. The predicted octanol–water partition coefficient (Wildman–Crippen LogP) is 2.22. The number of rotatable bonds is 6. The van der Waals surface area contributed by atoms with Gasteiger partial charge in [0.05, 0.1) is 17.9 Å². The number of carbonyl (C=O) groups excluding carboxylic acids is 1. The van der Waals surface area contributed by atoms with E-state index in [0.29, 0.717) is 18.7 Å². The smallest absolute Gasteiger partial charge is 0.255 e. The molecule has 1 aliphatic heterocycles. The fourth-order valence-electron chi connectivity index (χ4n) is 2.71. The maximum atomic E-state index is 12.2. The number of carbonyl (C=O) groups is 1. The van der Waals surface area contributed by atoms with E-state index in [4.69, 9.17) is 9.47 Å². The quantitative estimate of drug-likeness (QED) is 0.882. The average molecular weight is 329 g/mol. The molecular weight excluding hydrogens is 306 g/mol. The summed E-state index contributed by atoms with van der Waals surface area (Å²) in [7, 11) is 1.82. The summed E-state index contributed by atoms with van der Waals surface area (Å²) >= 11 is 0. The van der Waals surface area contributed by atoms with Gasteiger partial charge in [0, 0.05) is 25.9 Å². The second-order valence-electron chi connectivity index (χ2n) is 6.04. The van der Waals surface area contributed by atoms with Gasteiger partial charge in [-0.15, -0.1) is 0 Å². The Morgan fingerprint density at radius 2 is 2.38 bits per heavy atom. The van der Waals surface area contributed by atoms with Crippen molar-refractivity contribution in [1.29, 1.82) is 0 Å². The van der Waals surface area contributed by atoms with E-state index < -0.39 is 0 Å². The molecule has 0 bridgehead atoms. The van der Waals surface area contributed by atoms with Crippen LogP contribution in [-0.4, -0.2) is 35.0 Å². The number of hydrogen-bond acceptors (Lipinski definition) is 4. The molecule has 6 heteroatoms. The van der Waals surface area contributed by atoms with E-state index in [-0.39, 0.29) is 12.0 Å². The van der Waals surface area contributed by atoms with E-state index in [1.54, 1.807) is 10.9 Å². The molecule has 1 fully saturated rings. The van der Waals surface area contributed by atoms with Crippen LogP contribution in [-0.2, 0) is 18.3 Å². The number of hydrogen-bond donors (Lipinski definition) is 1. The van der Waals surface area contributed by atoms with Gasteiger partial charge in [-0.1, -0.05) is 12.1 Å². The molecule has 1 aliphatic rings. The highest BCUT2D eigenvalue weighted by molar-refractivity contribution is 5.94. The second-order valence-corrected chi connectivity index (χ2v) is 6.04. The number of nitrogens with zero attached hydrogens (tertiary/aromatic N) is 2. The van der Waals surface area contributed by atoms with Crippen molar-refractivity contribution >= 4 is 5.91 Å². The molecule has 0 unspecified atom stereocenters. The Kier molecular flexibility index (Phi) is 5.15. The van der Waals surface area contributed by atoms with Gasteiger partial charge in [0.1, 0.15) is 12.4 Å². The Labute approximate surface area is 141 Å². The van der Waals surface area contributed by atoms with Gasteiger partial charge in [0.15, 0.2) is 0 Å². The van der Waals surface area contributed by atoms with Gasteiger partial charge in [-0.05, 0) is 37.5 Å². The number of aromatic nitrogens is 2. The SMILES string of the molecule is Cc1c(C(=O)NCc2cccc(OC[C@@H]3CCCO3)c2)cnn1C. The van der Waals surface area contributed by atoms with Crippen molar-refractivity contribution in [1.82, 2.24) is 15.1 Å². The van der Waals surface area contributed by atoms with Crippen molar-refractivity contribution in [2.45, 2.75) is 32.4 Å². The van der Waals surface area contributed by atoms with Crippen LogP contribution in [0.1, 0.15) is 34.5 Å². The molecule has 1 saturated heterocycles. The molecule has 1 N–H and O–H groups in total. The highest BCUT2D eigenvalue weighted by atomic mass is 16.5. The van der Waals surface area contributed by atoms with Gasteiger partial charge in [-0.3, -0.25) is 9.48 Å². The van der Waals surface area contributed by atoms with Gasteiger partial charge in [-0.25, -0.2) is 0 Å². The zero-order chi connectivity index (χ0) is 16.9. The van der Waals surface area contributed by atoms with Gasteiger partial charge in [-0.2, -0.15) is 5.10 Å².